The van der Waals surface area contributed by atoms with Crippen LogP contribution in [-0.4, -0.2) is 42.7 Å². The van der Waals surface area contributed by atoms with Crippen molar-refractivity contribution in [3.8, 4) is 0 Å². The highest BCUT2D eigenvalue weighted by atomic mass is 28.3. The monoisotopic (exact) mass is 344 g/mol. The van der Waals surface area contributed by atoms with Gasteiger partial charge in [0, 0.05) is 0 Å². The molecule has 23 heavy (non-hydrogen) atoms. The van der Waals surface area contributed by atoms with Crippen LogP contribution in [0.25, 0.3) is 0 Å². The van der Waals surface area contributed by atoms with Crippen molar-refractivity contribution in [2.24, 2.45) is 11.8 Å². The molecular formula is C18H36O4Si. The van der Waals surface area contributed by atoms with E-state index in [9.17, 15) is 9.90 Å². The molecule has 136 valence electrons. The molecule has 0 spiro atoms. The van der Waals surface area contributed by atoms with Crippen molar-refractivity contribution in [2.75, 3.05) is 0 Å². The van der Waals surface area contributed by atoms with Gasteiger partial charge in [0.05, 0.1) is 14.2 Å². The molecule has 1 N–H and O–H groups in total. The Bertz CT molecular complexity index is 440. The highest BCUT2D eigenvalue weighted by Gasteiger charge is 2.57. The average molecular weight is 345 g/mol. The van der Waals surface area contributed by atoms with Crippen LogP contribution in [0.4, 0.5) is 0 Å². The Morgan fingerprint density at radius 1 is 1.13 bits per heavy atom. The van der Waals surface area contributed by atoms with Crippen LogP contribution in [0.2, 0.25) is 18.1 Å². The number of aliphatic hydroxyl groups excluding tert-OH is 1. The first-order valence-corrected chi connectivity index (χ1v) is 11.8. The number of carbonyl (C=O) groups excluding carboxylic acids is 1. The number of ether oxygens (including phenoxy) is 2. The Morgan fingerprint density at radius 3 is 2.00 bits per heavy atom. The van der Waals surface area contributed by atoms with Gasteiger partial charge in [0.2, 0.25) is 0 Å². The molecule has 0 aromatic rings. The third-order valence-electron chi connectivity index (χ3n) is 6.10. The first kappa shape index (κ1) is 20.8. The summed E-state index contributed by atoms with van der Waals surface area (Å²) in [5.41, 5.74) is -0.470. The van der Waals surface area contributed by atoms with E-state index in [1.54, 1.807) is 0 Å². The van der Waals surface area contributed by atoms with Crippen LogP contribution in [0.15, 0.2) is 0 Å². The van der Waals surface area contributed by atoms with Crippen LogP contribution in [0.5, 0.6) is 0 Å². The number of carbonyl (C=O) groups is 1. The fourth-order valence-electron chi connectivity index (χ4n) is 3.06. The molecule has 1 aliphatic heterocycles. The first-order valence-electron chi connectivity index (χ1n) is 8.72. The number of hydrogen-bond donors (Lipinski definition) is 1. The number of rotatable bonds is 5. The summed E-state index contributed by atoms with van der Waals surface area (Å²) in [6.07, 6.45) is -1.61. The molecule has 0 unspecified atom stereocenters. The van der Waals surface area contributed by atoms with Gasteiger partial charge in [0.25, 0.3) is 0 Å². The lowest BCUT2D eigenvalue weighted by Crippen LogP contribution is -2.66. The van der Waals surface area contributed by atoms with Gasteiger partial charge in [0.15, 0.2) is 11.6 Å². The van der Waals surface area contributed by atoms with Gasteiger partial charge in [-0.2, -0.15) is 0 Å². The summed E-state index contributed by atoms with van der Waals surface area (Å²) in [5, 5.41) is 10.5. The van der Waals surface area contributed by atoms with E-state index in [0.717, 1.165) is 0 Å². The summed E-state index contributed by atoms with van der Waals surface area (Å²) in [7, 11) is -2.13. The fourth-order valence-corrected chi connectivity index (χ4v) is 6.67. The van der Waals surface area contributed by atoms with Crippen LogP contribution in [0.3, 0.4) is 0 Å². The molecule has 4 nitrogen and oxygen atoms in total. The highest BCUT2D eigenvalue weighted by Crippen LogP contribution is 2.48. The summed E-state index contributed by atoms with van der Waals surface area (Å²) < 4.78 is 11.9. The molecule has 1 fully saturated rings. The molecule has 5 heteroatoms. The Kier molecular flexibility index (Phi) is 5.95. The summed E-state index contributed by atoms with van der Waals surface area (Å²) >= 11 is 0. The Morgan fingerprint density at radius 2 is 1.61 bits per heavy atom. The Balaban J connectivity index is 3.26. The van der Waals surface area contributed by atoms with E-state index in [4.69, 9.17) is 9.47 Å². The number of ketones is 1. The molecule has 0 amide bonds. The van der Waals surface area contributed by atoms with Gasteiger partial charge in [-0.15, -0.1) is 0 Å². The minimum atomic E-state index is -2.13. The number of aliphatic hydroxyl groups is 1. The molecule has 0 aromatic heterocycles. The van der Waals surface area contributed by atoms with Gasteiger partial charge in [-0.3, -0.25) is 4.79 Å². The maximum Gasteiger partial charge on any atom is 0.189 e. The van der Waals surface area contributed by atoms with Gasteiger partial charge in [-0.1, -0.05) is 54.6 Å². The average Bonchev–Trinajstić information content (AvgIpc) is 2.39. The predicted octanol–water partition coefficient (Wildman–Crippen LogP) is 3.78. The van der Waals surface area contributed by atoms with Crippen molar-refractivity contribution in [1.29, 1.82) is 0 Å². The minimum Gasteiger partial charge on any atom is -0.390 e. The lowest BCUT2D eigenvalue weighted by molar-refractivity contribution is -0.282. The van der Waals surface area contributed by atoms with E-state index in [0.29, 0.717) is 5.92 Å². The molecule has 3 atom stereocenters. The SMILES string of the molecule is CC(C)[C@H](O)[C@@H]1OC(C)(C)O[C@@H]([Si](C)(C)C(C)(C)C(C)C)C1=O. The highest BCUT2D eigenvalue weighted by molar-refractivity contribution is 6.84. The van der Waals surface area contributed by atoms with Crippen molar-refractivity contribution >= 4 is 13.9 Å². The fraction of sp³-hybridized carbons (Fsp3) is 0.944. The minimum absolute atomic E-state index is 0.0219. The normalized spacial score (nSPS) is 27.6. The lowest BCUT2D eigenvalue weighted by Gasteiger charge is -2.52. The topological polar surface area (TPSA) is 55.8 Å². The van der Waals surface area contributed by atoms with E-state index >= 15 is 0 Å². The van der Waals surface area contributed by atoms with Crippen molar-refractivity contribution in [1.82, 2.24) is 0 Å². The van der Waals surface area contributed by atoms with E-state index < -0.39 is 31.8 Å². The predicted molar refractivity (Wildman–Crippen MR) is 96.0 cm³/mol. The second kappa shape index (κ2) is 6.58. The van der Waals surface area contributed by atoms with Gasteiger partial charge in [-0.25, -0.2) is 0 Å². The summed E-state index contributed by atoms with van der Waals surface area (Å²) in [4.78, 5) is 13.1. The van der Waals surface area contributed by atoms with Crippen molar-refractivity contribution in [2.45, 2.75) is 97.2 Å². The van der Waals surface area contributed by atoms with Crippen LogP contribution < -0.4 is 0 Å². The maximum atomic E-state index is 13.1. The number of Topliss-reactive ketones (excluding diaryl/α,β-unsaturated/α-hetero) is 1. The quantitative estimate of drug-likeness (QED) is 0.771. The van der Waals surface area contributed by atoms with Crippen molar-refractivity contribution < 1.29 is 19.4 Å². The molecular weight excluding hydrogens is 308 g/mol. The molecule has 1 saturated heterocycles. The Labute approximate surface area is 143 Å². The largest absolute Gasteiger partial charge is 0.390 e. The van der Waals surface area contributed by atoms with Crippen LogP contribution in [-0.2, 0) is 14.3 Å². The third kappa shape index (κ3) is 3.89. The zero-order chi connectivity index (χ0) is 18.4. The second-order valence-corrected chi connectivity index (χ2v) is 14.4. The zero-order valence-corrected chi connectivity index (χ0v) is 17.6. The number of hydrogen-bond acceptors (Lipinski definition) is 4. The maximum absolute atomic E-state index is 13.1. The van der Waals surface area contributed by atoms with E-state index in [1.165, 1.54) is 0 Å². The van der Waals surface area contributed by atoms with E-state index in [2.05, 4.69) is 40.8 Å². The van der Waals surface area contributed by atoms with Crippen LogP contribution in [0.1, 0.15) is 55.4 Å². The molecule has 1 heterocycles. The molecule has 0 aliphatic carbocycles. The third-order valence-corrected chi connectivity index (χ3v) is 11.7. The molecule has 0 bridgehead atoms. The molecule has 0 radical (unpaired) electrons. The molecule has 1 rings (SSSR count). The standard InChI is InChI=1S/C18H36O4Si/c1-11(2)13(19)15-14(20)16(22-18(7,8)21-15)23(9,10)17(5,6)12(3)4/h11-13,15-16,19H,1-10H3/t13-,15-,16-/m0/s1. The van der Waals surface area contributed by atoms with Crippen molar-refractivity contribution in [3.05, 3.63) is 0 Å². The van der Waals surface area contributed by atoms with Gasteiger partial charge < -0.3 is 14.6 Å². The second-order valence-electron chi connectivity index (χ2n) is 9.17. The van der Waals surface area contributed by atoms with Gasteiger partial charge >= 0.3 is 0 Å². The molecule has 1 aliphatic rings. The Hall–Kier alpha value is -0.233. The summed E-state index contributed by atoms with van der Waals surface area (Å²) in [6, 6.07) is 0. The zero-order valence-electron chi connectivity index (χ0n) is 16.6. The first-order chi connectivity index (χ1) is 10.1. The molecule has 0 saturated carbocycles. The van der Waals surface area contributed by atoms with E-state index in [1.807, 2.05) is 27.7 Å². The van der Waals surface area contributed by atoms with Crippen molar-refractivity contribution in [3.63, 3.8) is 0 Å². The summed E-state index contributed by atoms with van der Waals surface area (Å²) in [5.74, 6) is -0.548. The lowest BCUT2D eigenvalue weighted by atomic mass is 9.97. The van der Waals surface area contributed by atoms with Crippen LogP contribution in [0, 0.1) is 11.8 Å². The van der Waals surface area contributed by atoms with Gasteiger partial charge in [0.1, 0.15) is 11.8 Å². The molecule has 0 aromatic carbocycles. The van der Waals surface area contributed by atoms with E-state index in [-0.39, 0.29) is 16.7 Å². The van der Waals surface area contributed by atoms with Crippen LogP contribution >= 0.6 is 0 Å². The smallest absolute Gasteiger partial charge is 0.189 e. The summed E-state index contributed by atoms with van der Waals surface area (Å²) in [6.45, 7) is 20.8. The van der Waals surface area contributed by atoms with Gasteiger partial charge in [-0.05, 0) is 30.7 Å².